The number of amidine groups is 1. The Balaban J connectivity index is 1.99. The Morgan fingerprint density at radius 2 is 1.69 bits per heavy atom. The van der Waals surface area contributed by atoms with E-state index >= 15 is 0 Å². The highest BCUT2D eigenvalue weighted by Crippen LogP contribution is 2.56. The molecule has 144 valence electrons. The molecule has 2 unspecified atom stereocenters. The molecule has 2 heterocycles. The van der Waals surface area contributed by atoms with Gasteiger partial charge < -0.3 is 5.73 Å². The molecule has 9 heteroatoms. The van der Waals surface area contributed by atoms with Crippen LogP contribution in [-0.4, -0.2) is 21.0 Å². The maximum Gasteiger partial charge on any atom is 0.228 e. The molecule has 2 atom stereocenters. The SMILES string of the molecule is N#CC1=C(N)N2C(=N)SC(=O)C2(c2ccc(Cl)cc2)C1C(=O)c1ccc(Cl)cc1. The molecule has 29 heavy (non-hydrogen) atoms. The van der Waals surface area contributed by atoms with E-state index in [1.54, 1.807) is 36.4 Å². The number of nitrogens with zero attached hydrogens (tertiary/aromatic N) is 2. The van der Waals surface area contributed by atoms with E-state index in [1.807, 2.05) is 6.07 Å². The summed E-state index contributed by atoms with van der Waals surface area (Å²) >= 11 is 12.6. The number of thioether (sulfide) groups is 1. The first-order chi connectivity index (χ1) is 13.8. The summed E-state index contributed by atoms with van der Waals surface area (Å²) < 4.78 is 0. The minimum absolute atomic E-state index is 0.0432. The lowest BCUT2D eigenvalue weighted by Gasteiger charge is -2.35. The normalized spacial score (nSPS) is 23.3. The molecule has 0 aliphatic carbocycles. The standard InChI is InChI=1S/C20H12Cl2N4O2S/c21-12-5-1-10(2-6-12)16(27)15-14(9-23)17(24)26-19(25)29-18(28)20(15,26)11-3-7-13(22)8-4-11/h1-8,15,25H,24H2. The molecule has 2 aromatic carbocycles. The van der Waals surface area contributed by atoms with Gasteiger partial charge in [-0.3, -0.25) is 19.9 Å². The van der Waals surface area contributed by atoms with Crippen molar-refractivity contribution in [3.05, 3.63) is 81.1 Å². The molecular formula is C20H12Cl2N4O2S. The molecule has 0 saturated carbocycles. The van der Waals surface area contributed by atoms with Crippen LogP contribution in [0.4, 0.5) is 0 Å². The maximum atomic E-state index is 13.5. The summed E-state index contributed by atoms with van der Waals surface area (Å²) in [5.74, 6) is -1.74. The van der Waals surface area contributed by atoms with Crippen molar-refractivity contribution in [2.45, 2.75) is 5.54 Å². The van der Waals surface area contributed by atoms with E-state index in [9.17, 15) is 14.9 Å². The summed E-state index contributed by atoms with van der Waals surface area (Å²) in [7, 11) is 0. The zero-order valence-electron chi connectivity index (χ0n) is 14.6. The van der Waals surface area contributed by atoms with Crippen molar-refractivity contribution in [2.24, 2.45) is 11.7 Å². The molecule has 2 aromatic rings. The number of carbonyl (C=O) groups is 2. The third-order valence-corrected chi connectivity index (χ3v) is 6.45. The highest BCUT2D eigenvalue weighted by Gasteiger charge is 2.66. The quantitative estimate of drug-likeness (QED) is 0.696. The molecule has 0 amide bonds. The third kappa shape index (κ3) is 2.68. The van der Waals surface area contributed by atoms with E-state index in [0.717, 1.165) is 0 Å². The van der Waals surface area contributed by atoms with Gasteiger partial charge >= 0.3 is 0 Å². The smallest absolute Gasteiger partial charge is 0.228 e. The summed E-state index contributed by atoms with van der Waals surface area (Å²) in [5, 5.41) is 18.4. The Bertz CT molecular complexity index is 1140. The van der Waals surface area contributed by atoms with Crippen molar-refractivity contribution in [3.8, 4) is 6.07 Å². The highest BCUT2D eigenvalue weighted by molar-refractivity contribution is 8.26. The number of Topliss-reactive ketones (excluding diaryl/α,β-unsaturated/α-hetero) is 1. The van der Waals surface area contributed by atoms with Gasteiger partial charge in [0.2, 0.25) is 5.12 Å². The second kappa shape index (κ2) is 6.92. The van der Waals surface area contributed by atoms with Gasteiger partial charge in [0.05, 0.1) is 17.6 Å². The van der Waals surface area contributed by atoms with Gasteiger partial charge in [0.25, 0.3) is 0 Å². The highest BCUT2D eigenvalue weighted by atomic mass is 35.5. The van der Waals surface area contributed by atoms with Crippen LogP contribution in [-0.2, 0) is 10.3 Å². The Morgan fingerprint density at radius 3 is 2.24 bits per heavy atom. The van der Waals surface area contributed by atoms with Crippen LogP contribution < -0.4 is 5.73 Å². The number of halogens is 2. The number of carbonyl (C=O) groups excluding carboxylic acids is 2. The maximum absolute atomic E-state index is 13.5. The van der Waals surface area contributed by atoms with Gasteiger partial charge in [-0.05, 0) is 53.7 Å². The van der Waals surface area contributed by atoms with E-state index in [1.165, 1.54) is 17.0 Å². The summed E-state index contributed by atoms with van der Waals surface area (Å²) in [4.78, 5) is 28.1. The molecule has 0 aromatic heterocycles. The molecule has 3 N–H and O–H groups in total. The van der Waals surface area contributed by atoms with Crippen molar-refractivity contribution in [1.82, 2.24) is 4.90 Å². The van der Waals surface area contributed by atoms with Gasteiger partial charge in [-0.25, -0.2) is 0 Å². The Labute approximate surface area is 180 Å². The molecule has 2 aliphatic heterocycles. The van der Waals surface area contributed by atoms with Gasteiger partial charge in [-0.1, -0.05) is 35.3 Å². The van der Waals surface area contributed by atoms with Gasteiger partial charge in [-0.2, -0.15) is 5.26 Å². The van der Waals surface area contributed by atoms with E-state index in [2.05, 4.69) is 0 Å². The fourth-order valence-electron chi connectivity index (χ4n) is 3.83. The van der Waals surface area contributed by atoms with Crippen LogP contribution in [0.2, 0.25) is 10.0 Å². The third-order valence-electron chi connectivity index (χ3n) is 5.08. The fraction of sp³-hybridized carbons (Fsp3) is 0.100. The molecule has 0 radical (unpaired) electrons. The van der Waals surface area contributed by atoms with Gasteiger partial charge in [0.1, 0.15) is 5.82 Å². The number of nitrogens with one attached hydrogen (secondary N) is 1. The van der Waals surface area contributed by atoms with Gasteiger partial charge in [0, 0.05) is 15.6 Å². The van der Waals surface area contributed by atoms with Crippen molar-refractivity contribution in [1.29, 1.82) is 10.7 Å². The number of hydrogen-bond acceptors (Lipinski definition) is 6. The summed E-state index contributed by atoms with van der Waals surface area (Å²) in [6, 6.07) is 14.6. The molecule has 1 saturated heterocycles. The molecule has 4 rings (SSSR count). The predicted molar refractivity (Wildman–Crippen MR) is 111 cm³/mol. The van der Waals surface area contributed by atoms with Crippen LogP contribution in [0.25, 0.3) is 0 Å². The van der Waals surface area contributed by atoms with Gasteiger partial charge in [-0.15, -0.1) is 0 Å². The summed E-state index contributed by atoms with van der Waals surface area (Å²) in [6.45, 7) is 0. The lowest BCUT2D eigenvalue weighted by molar-refractivity contribution is -0.119. The summed E-state index contributed by atoms with van der Waals surface area (Å²) in [5.41, 5.74) is 5.23. The van der Waals surface area contributed by atoms with Crippen molar-refractivity contribution in [3.63, 3.8) is 0 Å². The number of nitriles is 1. The van der Waals surface area contributed by atoms with Crippen LogP contribution in [0.15, 0.2) is 59.9 Å². The number of benzene rings is 2. The zero-order valence-corrected chi connectivity index (χ0v) is 17.0. The number of hydrogen-bond donors (Lipinski definition) is 2. The van der Waals surface area contributed by atoms with E-state index in [4.69, 9.17) is 34.3 Å². The average molecular weight is 443 g/mol. The molecule has 1 fully saturated rings. The number of ketones is 1. The van der Waals surface area contributed by atoms with Crippen LogP contribution >= 0.6 is 35.0 Å². The largest absolute Gasteiger partial charge is 0.384 e. The first-order valence-electron chi connectivity index (χ1n) is 8.39. The lowest BCUT2D eigenvalue weighted by atomic mass is 9.73. The topological polar surface area (TPSA) is 111 Å². The molecule has 0 spiro atoms. The Hall–Kier alpha value is -2.79. The number of fused-ring (bicyclic) bond motifs is 1. The van der Waals surface area contributed by atoms with Crippen LogP contribution in [0.3, 0.4) is 0 Å². The van der Waals surface area contributed by atoms with Crippen LogP contribution in [0, 0.1) is 22.7 Å². The molecule has 2 aliphatic rings. The lowest BCUT2D eigenvalue weighted by Crippen LogP contribution is -2.50. The van der Waals surface area contributed by atoms with Gasteiger partial charge in [0.15, 0.2) is 16.5 Å². The van der Waals surface area contributed by atoms with Crippen LogP contribution in [0.5, 0.6) is 0 Å². The van der Waals surface area contributed by atoms with Crippen LogP contribution in [0.1, 0.15) is 15.9 Å². The molecular weight excluding hydrogens is 431 g/mol. The minimum Gasteiger partial charge on any atom is -0.384 e. The second-order valence-corrected chi connectivity index (χ2v) is 8.35. The first-order valence-corrected chi connectivity index (χ1v) is 9.96. The van der Waals surface area contributed by atoms with Crippen molar-refractivity contribution < 1.29 is 9.59 Å². The molecule has 6 nitrogen and oxygen atoms in total. The van der Waals surface area contributed by atoms with Crippen molar-refractivity contribution in [2.75, 3.05) is 0 Å². The van der Waals surface area contributed by atoms with E-state index < -0.39 is 22.4 Å². The van der Waals surface area contributed by atoms with E-state index in [0.29, 0.717) is 27.4 Å². The Kier molecular flexibility index (Phi) is 4.66. The average Bonchev–Trinajstić information content (AvgIpc) is 3.12. The van der Waals surface area contributed by atoms with E-state index in [-0.39, 0.29) is 22.1 Å². The first kappa shape index (κ1) is 19.5. The Morgan fingerprint density at radius 1 is 1.14 bits per heavy atom. The summed E-state index contributed by atoms with van der Waals surface area (Å²) in [6.07, 6.45) is 0. The minimum atomic E-state index is -1.63. The number of nitrogens with two attached hydrogens (primary N) is 1. The molecule has 0 bridgehead atoms. The second-order valence-electron chi connectivity index (χ2n) is 6.52. The zero-order chi connectivity index (χ0) is 20.9. The fourth-order valence-corrected chi connectivity index (χ4v) is 5.07. The monoisotopic (exact) mass is 442 g/mol. The van der Waals surface area contributed by atoms with Crippen molar-refractivity contribution >= 4 is 51.0 Å². The predicted octanol–water partition coefficient (Wildman–Crippen LogP) is 3.91. The number of rotatable bonds is 3.